The summed E-state index contributed by atoms with van der Waals surface area (Å²) in [5.41, 5.74) is 12.3. The van der Waals surface area contributed by atoms with Crippen LogP contribution >= 0.6 is 23.1 Å². The van der Waals surface area contributed by atoms with Crippen LogP contribution in [0.2, 0.25) is 0 Å². The van der Waals surface area contributed by atoms with Gasteiger partial charge in [-0.3, -0.25) is 19.0 Å². The van der Waals surface area contributed by atoms with Gasteiger partial charge in [0.05, 0.1) is 18.4 Å². The number of nitrogens with zero attached hydrogens (tertiary/aromatic N) is 3. The van der Waals surface area contributed by atoms with Crippen LogP contribution in [-0.4, -0.2) is 45.4 Å². The van der Waals surface area contributed by atoms with Gasteiger partial charge in [-0.1, -0.05) is 11.8 Å². The van der Waals surface area contributed by atoms with Crippen LogP contribution in [0.15, 0.2) is 5.16 Å². The lowest BCUT2D eigenvalue weighted by atomic mass is 10.1. The monoisotopic (exact) mass is 412 g/mol. The second-order valence-electron chi connectivity index (χ2n) is 5.59. The molecule has 10 nitrogen and oxygen atoms in total. The number of anilines is 2. The first-order chi connectivity index (χ1) is 12.7. The smallest absolute Gasteiger partial charge is 0.316 e. The first-order valence-corrected chi connectivity index (χ1v) is 9.58. The summed E-state index contributed by atoms with van der Waals surface area (Å²) in [5, 5.41) is 11.0. The Morgan fingerprint density at radius 2 is 2.00 bits per heavy atom. The quantitative estimate of drug-likeness (QED) is 0.451. The minimum absolute atomic E-state index is 0.00188. The molecule has 0 radical (unpaired) electrons. The maximum atomic E-state index is 12.7. The van der Waals surface area contributed by atoms with Crippen LogP contribution in [0.3, 0.4) is 0 Å². The molecule has 12 heteroatoms. The van der Waals surface area contributed by atoms with E-state index in [2.05, 4.69) is 20.3 Å². The molecule has 0 aliphatic heterocycles. The van der Waals surface area contributed by atoms with E-state index in [0.29, 0.717) is 10.2 Å². The summed E-state index contributed by atoms with van der Waals surface area (Å²) in [5.74, 6) is -1.46. The van der Waals surface area contributed by atoms with Crippen molar-refractivity contribution in [1.29, 1.82) is 0 Å². The molecule has 0 bridgehead atoms. The predicted molar refractivity (Wildman–Crippen MR) is 103 cm³/mol. The molecule has 146 valence electrons. The Kier molecular flexibility index (Phi) is 6.44. The number of hydrogen-bond donors (Lipinski definition) is 3. The minimum atomic E-state index is -0.788. The van der Waals surface area contributed by atoms with Gasteiger partial charge in [-0.25, -0.2) is 0 Å². The third-order valence-electron chi connectivity index (χ3n) is 3.87. The maximum Gasteiger partial charge on any atom is 0.316 e. The van der Waals surface area contributed by atoms with Crippen LogP contribution in [0.25, 0.3) is 0 Å². The number of nitrogens with two attached hydrogens (primary N) is 2. The second-order valence-corrected chi connectivity index (χ2v) is 7.76. The van der Waals surface area contributed by atoms with Gasteiger partial charge in [-0.2, -0.15) is 0 Å². The average Bonchev–Trinajstić information content (AvgIpc) is 3.11. The number of hydrogen-bond acceptors (Lipinski definition) is 9. The van der Waals surface area contributed by atoms with Gasteiger partial charge in [0.2, 0.25) is 11.9 Å². The van der Waals surface area contributed by atoms with Crippen molar-refractivity contribution >= 4 is 51.8 Å². The second kappa shape index (κ2) is 8.39. The fourth-order valence-corrected chi connectivity index (χ4v) is 4.20. The molecule has 0 saturated heterocycles. The predicted octanol–water partition coefficient (Wildman–Crippen LogP) is 1.10. The van der Waals surface area contributed by atoms with Gasteiger partial charge in [-0.15, -0.1) is 21.5 Å². The van der Waals surface area contributed by atoms with Crippen LogP contribution in [0, 0.1) is 13.8 Å². The van der Waals surface area contributed by atoms with Gasteiger partial charge in [0.25, 0.3) is 5.91 Å². The number of primary amides is 1. The molecule has 0 aromatic carbocycles. The van der Waals surface area contributed by atoms with E-state index in [0.717, 1.165) is 22.2 Å². The summed E-state index contributed by atoms with van der Waals surface area (Å²) in [6.07, 6.45) is 0. The number of nitrogens with one attached hydrogen (secondary N) is 1. The lowest BCUT2D eigenvalue weighted by molar-refractivity contribution is -0.137. The van der Waals surface area contributed by atoms with E-state index in [9.17, 15) is 14.4 Å². The molecular weight excluding hydrogens is 392 g/mol. The fourth-order valence-electron chi connectivity index (χ4n) is 2.28. The SMILES string of the molecule is COC(=O)CSc1nnc(N)n1C(C)C(=O)Nc1sc(C)c(C)c1C(N)=O. The Bertz CT molecular complexity index is 891. The number of carbonyl (C=O) groups excluding carboxylic acids is 3. The van der Waals surface area contributed by atoms with E-state index in [1.54, 1.807) is 13.8 Å². The zero-order valence-electron chi connectivity index (χ0n) is 15.2. The maximum absolute atomic E-state index is 12.7. The van der Waals surface area contributed by atoms with Crippen LogP contribution in [0.1, 0.15) is 33.8 Å². The molecule has 0 saturated carbocycles. The van der Waals surface area contributed by atoms with E-state index >= 15 is 0 Å². The molecule has 2 amide bonds. The summed E-state index contributed by atoms with van der Waals surface area (Å²) in [7, 11) is 1.28. The molecule has 27 heavy (non-hydrogen) atoms. The number of ether oxygens (including phenoxy) is 1. The number of thiophene rings is 1. The van der Waals surface area contributed by atoms with E-state index in [4.69, 9.17) is 11.5 Å². The van der Waals surface area contributed by atoms with Gasteiger partial charge in [-0.05, 0) is 26.3 Å². The van der Waals surface area contributed by atoms with Crippen LogP contribution in [0.4, 0.5) is 10.9 Å². The Hall–Kier alpha value is -2.60. The molecule has 0 spiro atoms. The lowest BCUT2D eigenvalue weighted by Crippen LogP contribution is -2.26. The van der Waals surface area contributed by atoms with Gasteiger partial charge in [0.15, 0.2) is 5.16 Å². The summed E-state index contributed by atoms with van der Waals surface area (Å²) < 4.78 is 5.99. The van der Waals surface area contributed by atoms with Crippen molar-refractivity contribution in [2.75, 3.05) is 23.9 Å². The van der Waals surface area contributed by atoms with Crippen molar-refractivity contribution in [3.8, 4) is 0 Å². The molecule has 2 rings (SSSR count). The Morgan fingerprint density at radius 1 is 1.33 bits per heavy atom. The number of rotatable bonds is 7. The molecule has 1 atom stereocenters. The van der Waals surface area contributed by atoms with Crippen LogP contribution in [0.5, 0.6) is 0 Å². The Labute approximate surface area is 163 Å². The Balaban J connectivity index is 2.24. The highest BCUT2D eigenvalue weighted by atomic mass is 32.2. The molecule has 0 aliphatic rings. The van der Waals surface area contributed by atoms with E-state index < -0.39 is 23.8 Å². The first-order valence-electron chi connectivity index (χ1n) is 7.78. The van der Waals surface area contributed by atoms with Crippen molar-refractivity contribution in [3.05, 3.63) is 16.0 Å². The summed E-state index contributed by atoms with van der Waals surface area (Å²) in [6, 6.07) is -0.788. The number of amides is 2. The standard InChI is InChI=1S/C15H20N6O4S2/c1-6-8(3)27-13(10(6)11(16)23)18-12(24)7(2)21-14(17)19-20-15(21)26-5-9(22)25-4/h7H,5H2,1-4H3,(H2,16,23)(H2,17,19)(H,18,24). The Morgan fingerprint density at radius 3 is 2.59 bits per heavy atom. The largest absolute Gasteiger partial charge is 0.468 e. The molecule has 1 unspecified atom stereocenters. The zero-order chi connectivity index (χ0) is 20.3. The van der Waals surface area contributed by atoms with E-state index in [1.165, 1.54) is 23.0 Å². The highest BCUT2D eigenvalue weighted by Gasteiger charge is 2.25. The fraction of sp³-hybridized carbons (Fsp3) is 0.400. The van der Waals surface area contributed by atoms with Crippen molar-refractivity contribution < 1.29 is 19.1 Å². The number of carbonyl (C=O) groups is 3. The number of aryl methyl sites for hydroxylation is 1. The number of esters is 1. The van der Waals surface area contributed by atoms with Crippen molar-refractivity contribution in [3.63, 3.8) is 0 Å². The normalized spacial score (nSPS) is 11.9. The van der Waals surface area contributed by atoms with E-state index in [1.807, 2.05) is 6.92 Å². The average molecular weight is 412 g/mol. The van der Waals surface area contributed by atoms with Crippen LogP contribution < -0.4 is 16.8 Å². The van der Waals surface area contributed by atoms with Crippen molar-refractivity contribution in [2.45, 2.75) is 32.0 Å². The minimum Gasteiger partial charge on any atom is -0.468 e. The molecule has 0 fully saturated rings. The molecule has 0 aliphatic carbocycles. The van der Waals surface area contributed by atoms with Crippen molar-refractivity contribution in [1.82, 2.24) is 14.8 Å². The summed E-state index contributed by atoms with van der Waals surface area (Å²) in [4.78, 5) is 36.6. The highest BCUT2D eigenvalue weighted by Crippen LogP contribution is 2.33. The molecule has 2 aromatic rings. The number of nitrogen functional groups attached to an aromatic ring is 1. The third kappa shape index (κ3) is 4.39. The van der Waals surface area contributed by atoms with Gasteiger partial charge in [0.1, 0.15) is 11.0 Å². The zero-order valence-corrected chi connectivity index (χ0v) is 16.9. The number of methoxy groups -OCH3 is 1. The number of thioether (sulfide) groups is 1. The van der Waals surface area contributed by atoms with Gasteiger partial charge < -0.3 is 21.5 Å². The molecule has 2 aromatic heterocycles. The molecule has 2 heterocycles. The van der Waals surface area contributed by atoms with Gasteiger partial charge in [0, 0.05) is 4.88 Å². The highest BCUT2D eigenvalue weighted by molar-refractivity contribution is 7.99. The first kappa shape index (κ1) is 20.7. The van der Waals surface area contributed by atoms with Gasteiger partial charge >= 0.3 is 5.97 Å². The number of aromatic nitrogens is 3. The third-order valence-corrected chi connectivity index (χ3v) is 5.91. The lowest BCUT2D eigenvalue weighted by Gasteiger charge is -2.16. The topological polar surface area (TPSA) is 155 Å². The van der Waals surface area contributed by atoms with Crippen molar-refractivity contribution in [2.24, 2.45) is 5.73 Å². The molecular formula is C15H20N6O4S2. The summed E-state index contributed by atoms with van der Waals surface area (Å²) >= 11 is 2.32. The summed E-state index contributed by atoms with van der Waals surface area (Å²) in [6.45, 7) is 5.21. The van der Waals surface area contributed by atoms with Crippen LogP contribution in [-0.2, 0) is 14.3 Å². The van der Waals surface area contributed by atoms with E-state index in [-0.39, 0.29) is 17.3 Å². The molecule has 5 N–H and O–H groups in total.